The van der Waals surface area contributed by atoms with Crippen molar-refractivity contribution in [2.45, 2.75) is 19.9 Å². The molecule has 3 rings (SSSR count). The lowest BCUT2D eigenvalue weighted by Crippen LogP contribution is -2.37. The van der Waals surface area contributed by atoms with Crippen molar-refractivity contribution in [1.82, 2.24) is 9.97 Å². The Kier molecular flexibility index (Phi) is 5.66. The fourth-order valence-electron chi connectivity index (χ4n) is 2.62. The number of aromatic nitrogens is 2. The van der Waals surface area contributed by atoms with Crippen LogP contribution >= 0.6 is 11.6 Å². The van der Waals surface area contributed by atoms with Crippen LogP contribution in [0.4, 0.5) is 10.1 Å². The topological polar surface area (TPSA) is 55.3 Å². The van der Waals surface area contributed by atoms with Gasteiger partial charge in [0.1, 0.15) is 17.9 Å². The van der Waals surface area contributed by atoms with Gasteiger partial charge in [0.25, 0.3) is 5.91 Å². The second kappa shape index (κ2) is 8.14. The van der Waals surface area contributed by atoms with Crippen molar-refractivity contribution in [2.24, 2.45) is 0 Å². The molecule has 0 radical (unpaired) electrons. The van der Waals surface area contributed by atoms with E-state index >= 15 is 0 Å². The van der Waals surface area contributed by atoms with E-state index in [1.54, 1.807) is 4.90 Å². The fourth-order valence-corrected chi connectivity index (χ4v) is 2.75. The average Bonchev–Trinajstić information content (AvgIpc) is 2.65. The zero-order valence-electron chi connectivity index (χ0n) is 14.8. The van der Waals surface area contributed by atoms with E-state index in [4.69, 9.17) is 16.3 Å². The molecular formula is C20H17ClFN3O2. The van der Waals surface area contributed by atoms with E-state index < -0.39 is 11.7 Å². The summed E-state index contributed by atoms with van der Waals surface area (Å²) in [5.41, 5.74) is 0.779. The molecule has 0 aliphatic heterocycles. The van der Waals surface area contributed by atoms with Crippen LogP contribution in [0, 0.1) is 5.82 Å². The summed E-state index contributed by atoms with van der Waals surface area (Å²) in [6.45, 7) is 3.76. The summed E-state index contributed by atoms with van der Waals surface area (Å²) < 4.78 is 19.6. The van der Waals surface area contributed by atoms with Crippen LogP contribution in [-0.4, -0.2) is 21.9 Å². The molecule has 2 aromatic carbocycles. The van der Waals surface area contributed by atoms with Crippen LogP contribution in [0.1, 0.15) is 24.2 Å². The SMILES string of the molecule is CC(C)N(C(=O)c1cc(F)ccc1Oc1cncnc1Cl)c1ccccc1. The van der Waals surface area contributed by atoms with Gasteiger partial charge in [-0.05, 0) is 44.2 Å². The van der Waals surface area contributed by atoms with Gasteiger partial charge in [-0.15, -0.1) is 0 Å². The summed E-state index contributed by atoms with van der Waals surface area (Å²) in [5.74, 6) is -0.591. The largest absolute Gasteiger partial charge is 0.452 e. The van der Waals surface area contributed by atoms with Crippen molar-refractivity contribution in [3.63, 3.8) is 0 Å². The number of hydrogen-bond acceptors (Lipinski definition) is 4. The molecule has 0 bridgehead atoms. The molecule has 3 aromatic rings. The van der Waals surface area contributed by atoms with Gasteiger partial charge in [-0.1, -0.05) is 29.8 Å². The van der Waals surface area contributed by atoms with E-state index in [0.717, 1.165) is 6.07 Å². The maximum atomic E-state index is 13.9. The number of ether oxygens (including phenoxy) is 1. The number of hydrogen-bond donors (Lipinski definition) is 0. The molecule has 1 amide bonds. The minimum Gasteiger partial charge on any atom is -0.452 e. The summed E-state index contributed by atoms with van der Waals surface area (Å²) in [4.78, 5) is 22.5. The van der Waals surface area contributed by atoms with Gasteiger partial charge in [0, 0.05) is 11.7 Å². The average molecular weight is 386 g/mol. The number of halogens is 2. The molecule has 7 heteroatoms. The number of nitrogens with zero attached hydrogens (tertiary/aromatic N) is 3. The molecule has 0 unspecified atom stereocenters. The number of benzene rings is 2. The molecule has 0 atom stereocenters. The number of anilines is 1. The third-order valence-electron chi connectivity index (χ3n) is 3.79. The van der Waals surface area contributed by atoms with Crippen molar-refractivity contribution in [3.05, 3.63) is 77.6 Å². The van der Waals surface area contributed by atoms with E-state index in [-0.39, 0.29) is 28.3 Å². The van der Waals surface area contributed by atoms with Gasteiger partial charge in [-0.25, -0.2) is 14.4 Å². The molecule has 1 aromatic heterocycles. The monoisotopic (exact) mass is 385 g/mol. The summed E-state index contributed by atoms with van der Waals surface area (Å²) in [7, 11) is 0. The van der Waals surface area contributed by atoms with Crippen molar-refractivity contribution in [1.29, 1.82) is 0 Å². The highest BCUT2D eigenvalue weighted by Crippen LogP contribution is 2.31. The van der Waals surface area contributed by atoms with Gasteiger partial charge in [-0.3, -0.25) is 4.79 Å². The molecular weight excluding hydrogens is 369 g/mol. The molecule has 0 N–H and O–H groups in total. The standard InChI is InChI=1S/C20H17ClFN3O2/c1-13(2)25(15-6-4-3-5-7-15)20(26)16-10-14(22)8-9-17(16)27-18-11-23-12-24-19(18)21/h3-13H,1-2H3. The third-order valence-corrected chi connectivity index (χ3v) is 4.08. The quantitative estimate of drug-likeness (QED) is 0.572. The molecule has 0 saturated carbocycles. The second-order valence-corrected chi connectivity index (χ2v) is 6.38. The van der Waals surface area contributed by atoms with Crippen LogP contribution in [0.5, 0.6) is 11.5 Å². The van der Waals surface area contributed by atoms with E-state index in [1.807, 2.05) is 44.2 Å². The maximum absolute atomic E-state index is 13.9. The van der Waals surface area contributed by atoms with Gasteiger partial charge in [-0.2, -0.15) is 0 Å². The van der Waals surface area contributed by atoms with Crippen molar-refractivity contribution < 1.29 is 13.9 Å². The number of carbonyl (C=O) groups excluding carboxylic acids is 1. The Balaban J connectivity index is 2.03. The van der Waals surface area contributed by atoms with Crippen molar-refractivity contribution in [3.8, 4) is 11.5 Å². The zero-order valence-corrected chi connectivity index (χ0v) is 15.5. The molecule has 0 fully saturated rings. The Morgan fingerprint density at radius 3 is 2.56 bits per heavy atom. The number of amides is 1. The Morgan fingerprint density at radius 1 is 1.15 bits per heavy atom. The van der Waals surface area contributed by atoms with Gasteiger partial charge in [0.2, 0.25) is 0 Å². The smallest absolute Gasteiger partial charge is 0.262 e. The molecule has 138 valence electrons. The Morgan fingerprint density at radius 2 is 1.89 bits per heavy atom. The van der Waals surface area contributed by atoms with Crippen LogP contribution in [-0.2, 0) is 0 Å². The summed E-state index contributed by atoms with van der Waals surface area (Å²) in [5, 5.41) is 0.0940. The van der Waals surface area contributed by atoms with Crippen LogP contribution in [0.25, 0.3) is 0 Å². The van der Waals surface area contributed by atoms with Gasteiger partial charge >= 0.3 is 0 Å². The highest BCUT2D eigenvalue weighted by Gasteiger charge is 2.25. The normalized spacial score (nSPS) is 10.7. The molecule has 0 aliphatic rings. The second-order valence-electron chi connectivity index (χ2n) is 6.02. The molecule has 1 heterocycles. The third kappa shape index (κ3) is 4.23. The van der Waals surface area contributed by atoms with Crippen molar-refractivity contribution >= 4 is 23.2 Å². The van der Waals surface area contributed by atoms with E-state index in [0.29, 0.717) is 5.69 Å². The lowest BCUT2D eigenvalue weighted by atomic mass is 10.1. The van der Waals surface area contributed by atoms with Gasteiger partial charge in [0.05, 0.1) is 11.8 Å². The first kappa shape index (κ1) is 18.8. The lowest BCUT2D eigenvalue weighted by Gasteiger charge is -2.27. The van der Waals surface area contributed by atoms with Crippen LogP contribution < -0.4 is 9.64 Å². The minimum atomic E-state index is -0.544. The predicted molar refractivity (Wildman–Crippen MR) is 102 cm³/mol. The minimum absolute atomic E-state index is 0.0764. The molecule has 5 nitrogen and oxygen atoms in total. The van der Waals surface area contributed by atoms with Crippen molar-refractivity contribution in [2.75, 3.05) is 4.90 Å². The van der Waals surface area contributed by atoms with Gasteiger partial charge < -0.3 is 9.64 Å². The first-order valence-electron chi connectivity index (χ1n) is 8.29. The first-order chi connectivity index (χ1) is 13.0. The van der Waals surface area contributed by atoms with E-state index in [2.05, 4.69) is 9.97 Å². The summed E-state index contributed by atoms with van der Waals surface area (Å²) in [6.07, 6.45) is 2.66. The number of para-hydroxylation sites is 1. The predicted octanol–water partition coefficient (Wildman–Crippen LogP) is 5.12. The van der Waals surface area contributed by atoms with Crippen LogP contribution in [0.3, 0.4) is 0 Å². The number of rotatable bonds is 5. The highest BCUT2D eigenvalue weighted by atomic mass is 35.5. The molecule has 27 heavy (non-hydrogen) atoms. The maximum Gasteiger partial charge on any atom is 0.262 e. The Labute approximate surface area is 161 Å². The molecule has 0 aliphatic carbocycles. The number of carbonyl (C=O) groups is 1. The highest BCUT2D eigenvalue weighted by molar-refractivity contribution is 6.30. The van der Waals surface area contributed by atoms with E-state index in [1.165, 1.54) is 24.7 Å². The Hall–Kier alpha value is -2.99. The zero-order chi connectivity index (χ0) is 19.4. The van der Waals surface area contributed by atoms with Crippen LogP contribution in [0.2, 0.25) is 5.15 Å². The summed E-state index contributed by atoms with van der Waals surface area (Å²) >= 11 is 6.00. The molecule has 0 saturated heterocycles. The van der Waals surface area contributed by atoms with Crippen LogP contribution in [0.15, 0.2) is 61.1 Å². The fraction of sp³-hybridized carbons (Fsp3) is 0.150. The summed E-state index contributed by atoms with van der Waals surface area (Å²) in [6, 6.07) is 12.8. The Bertz CT molecular complexity index is 951. The lowest BCUT2D eigenvalue weighted by molar-refractivity contribution is 0.0977. The van der Waals surface area contributed by atoms with Gasteiger partial charge in [0.15, 0.2) is 10.9 Å². The first-order valence-corrected chi connectivity index (χ1v) is 8.66. The molecule has 0 spiro atoms. The van der Waals surface area contributed by atoms with E-state index in [9.17, 15) is 9.18 Å².